The van der Waals surface area contributed by atoms with Crippen LogP contribution in [0.25, 0.3) is 21.7 Å². The van der Waals surface area contributed by atoms with Gasteiger partial charge in [0.05, 0.1) is 5.52 Å². The van der Waals surface area contributed by atoms with Crippen LogP contribution >= 0.6 is 11.6 Å². The standard InChI is InChI=1S/C14H8ClNO2/c15-9-1-2-12-11(4-9)10-5-14-13(17-7-18-14)3-8(10)6-16-12/h1-6H,7H2. The fraction of sp³-hybridized carbons (Fsp3) is 0.0714. The van der Waals surface area contributed by atoms with E-state index in [0.717, 1.165) is 33.2 Å². The number of ether oxygens (including phenoxy) is 2. The van der Waals surface area contributed by atoms with Crippen molar-refractivity contribution in [2.24, 2.45) is 0 Å². The predicted octanol–water partition coefficient (Wildman–Crippen LogP) is 3.77. The van der Waals surface area contributed by atoms with Crippen molar-refractivity contribution in [3.8, 4) is 11.5 Å². The quantitative estimate of drug-likeness (QED) is 0.575. The molecule has 1 aromatic heterocycles. The first-order valence-corrected chi connectivity index (χ1v) is 5.97. The summed E-state index contributed by atoms with van der Waals surface area (Å²) in [5, 5.41) is 3.83. The number of hydrogen-bond donors (Lipinski definition) is 0. The van der Waals surface area contributed by atoms with Crippen LogP contribution < -0.4 is 9.47 Å². The molecule has 0 aliphatic carbocycles. The summed E-state index contributed by atoms with van der Waals surface area (Å²) in [6.07, 6.45) is 1.84. The third-order valence-corrected chi connectivity index (χ3v) is 3.37. The Balaban J connectivity index is 2.17. The molecule has 0 amide bonds. The third-order valence-electron chi connectivity index (χ3n) is 3.14. The lowest BCUT2D eigenvalue weighted by Crippen LogP contribution is -1.92. The average molecular weight is 258 g/mol. The summed E-state index contributed by atoms with van der Waals surface area (Å²) < 4.78 is 10.8. The average Bonchev–Trinajstić information content (AvgIpc) is 2.83. The molecule has 0 fully saturated rings. The zero-order valence-corrected chi connectivity index (χ0v) is 10.1. The molecule has 3 aromatic rings. The Bertz CT molecular complexity index is 785. The third kappa shape index (κ3) is 1.34. The Kier molecular flexibility index (Phi) is 1.94. The van der Waals surface area contributed by atoms with Gasteiger partial charge in [0.1, 0.15) is 0 Å². The normalized spacial score (nSPS) is 13.4. The van der Waals surface area contributed by atoms with E-state index in [1.165, 1.54) is 0 Å². The highest BCUT2D eigenvalue weighted by atomic mass is 35.5. The van der Waals surface area contributed by atoms with Gasteiger partial charge in [0.15, 0.2) is 11.5 Å². The number of benzene rings is 2. The summed E-state index contributed by atoms with van der Waals surface area (Å²) in [5.74, 6) is 1.54. The van der Waals surface area contributed by atoms with E-state index in [0.29, 0.717) is 5.02 Å². The van der Waals surface area contributed by atoms with Crippen molar-refractivity contribution in [2.75, 3.05) is 6.79 Å². The van der Waals surface area contributed by atoms with Gasteiger partial charge in [0.2, 0.25) is 6.79 Å². The van der Waals surface area contributed by atoms with Crippen molar-refractivity contribution in [1.29, 1.82) is 0 Å². The lowest BCUT2D eigenvalue weighted by Gasteiger charge is -2.05. The van der Waals surface area contributed by atoms with Crippen molar-refractivity contribution in [2.45, 2.75) is 0 Å². The molecule has 2 heterocycles. The van der Waals surface area contributed by atoms with Crippen molar-refractivity contribution in [3.05, 3.63) is 41.6 Å². The Morgan fingerprint density at radius 2 is 1.83 bits per heavy atom. The van der Waals surface area contributed by atoms with Gasteiger partial charge in [-0.1, -0.05) is 11.6 Å². The molecule has 4 heteroatoms. The molecule has 3 nitrogen and oxygen atoms in total. The number of rotatable bonds is 0. The summed E-state index contributed by atoms with van der Waals surface area (Å²) in [7, 11) is 0. The van der Waals surface area contributed by atoms with Gasteiger partial charge in [-0.2, -0.15) is 0 Å². The molecule has 0 unspecified atom stereocenters. The molecule has 0 bridgehead atoms. The second kappa shape index (κ2) is 3.50. The highest BCUT2D eigenvalue weighted by molar-refractivity contribution is 6.31. The summed E-state index contributed by atoms with van der Waals surface area (Å²) in [5.41, 5.74) is 0.922. The van der Waals surface area contributed by atoms with Gasteiger partial charge in [-0.3, -0.25) is 4.98 Å². The first-order valence-electron chi connectivity index (χ1n) is 5.59. The van der Waals surface area contributed by atoms with Crippen molar-refractivity contribution >= 4 is 33.3 Å². The van der Waals surface area contributed by atoms with Crippen LogP contribution in [0.3, 0.4) is 0 Å². The van der Waals surface area contributed by atoms with Crippen LogP contribution in [0.4, 0.5) is 0 Å². The zero-order chi connectivity index (χ0) is 12.1. The van der Waals surface area contributed by atoms with Crippen LogP contribution in [0.2, 0.25) is 5.02 Å². The minimum Gasteiger partial charge on any atom is -0.454 e. The Hall–Kier alpha value is -2.00. The lowest BCUT2D eigenvalue weighted by atomic mass is 10.1. The molecule has 0 atom stereocenters. The molecule has 0 radical (unpaired) electrons. The molecule has 18 heavy (non-hydrogen) atoms. The fourth-order valence-corrected chi connectivity index (χ4v) is 2.45. The van der Waals surface area contributed by atoms with Crippen LogP contribution in [0.1, 0.15) is 0 Å². The van der Waals surface area contributed by atoms with E-state index in [2.05, 4.69) is 4.98 Å². The molecule has 1 aliphatic heterocycles. The van der Waals surface area contributed by atoms with Crippen LogP contribution in [0.5, 0.6) is 11.5 Å². The minimum absolute atomic E-state index is 0.276. The van der Waals surface area contributed by atoms with Gasteiger partial charge in [-0.05, 0) is 35.7 Å². The Morgan fingerprint density at radius 1 is 1.00 bits per heavy atom. The smallest absolute Gasteiger partial charge is 0.231 e. The lowest BCUT2D eigenvalue weighted by molar-refractivity contribution is 0.174. The van der Waals surface area contributed by atoms with E-state index in [4.69, 9.17) is 21.1 Å². The van der Waals surface area contributed by atoms with Crippen LogP contribution in [-0.4, -0.2) is 11.8 Å². The number of nitrogens with zero attached hydrogens (tertiary/aromatic N) is 1. The molecule has 4 rings (SSSR count). The number of hydrogen-bond acceptors (Lipinski definition) is 3. The predicted molar refractivity (Wildman–Crippen MR) is 70.4 cm³/mol. The topological polar surface area (TPSA) is 31.4 Å². The Morgan fingerprint density at radius 3 is 2.72 bits per heavy atom. The van der Waals surface area contributed by atoms with Crippen molar-refractivity contribution in [3.63, 3.8) is 0 Å². The van der Waals surface area contributed by atoms with E-state index in [9.17, 15) is 0 Å². The van der Waals surface area contributed by atoms with Gasteiger partial charge >= 0.3 is 0 Å². The molecular weight excluding hydrogens is 250 g/mol. The highest BCUT2D eigenvalue weighted by Gasteiger charge is 2.15. The molecule has 0 saturated heterocycles. The summed E-state index contributed by atoms with van der Waals surface area (Å²) in [6.45, 7) is 0.276. The maximum absolute atomic E-state index is 6.05. The second-order valence-electron chi connectivity index (χ2n) is 4.21. The van der Waals surface area contributed by atoms with E-state index in [1.807, 2.05) is 36.5 Å². The molecule has 1 aliphatic rings. The number of fused-ring (bicyclic) bond motifs is 4. The van der Waals surface area contributed by atoms with Gasteiger partial charge in [0, 0.05) is 22.0 Å². The number of halogens is 1. The minimum atomic E-state index is 0.276. The molecule has 0 saturated carbocycles. The molecular formula is C14H8ClNO2. The first-order chi connectivity index (χ1) is 8.81. The zero-order valence-electron chi connectivity index (χ0n) is 9.31. The second-order valence-corrected chi connectivity index (χ2v) is 4.65. The molecule has 0 spiro atoms. The van der Waals surface area contributed by atoms with Gasteiger partial charge in [-0.25, -0.2) is 0 Å². The maximum atomic E-state index is 6.05. The SMILES string of the molecule is Clc1ccc2ncc3cc4c(cc3c2c1)OCO4. The van der Waals surface area contributed by atoms with Gasteiger partial charge in [0.25, 0.3) is 0 Å². The number of aromatic nitrogens is 1. The largest absolute Gasteiger partial charge is 0.454 e. The van der Waals surface area contributed by atoms with Gasteiger partial charge < -0.3 is 9.47 Å². The van der Waals surface area contributed by atoms with E-state index < -0.39 is 0 Å². The van der Waals surface area contributed by atoms with E-state index >= 15 is 0 Å². The molecule has 0 N–H and O–H groups in total. The monoisotopic (exact) mass is 257 g/mol. The van der Waals surface area contributed by atoms with Gasteiger partial charge in [-0.15, -0.1) is 0 Å². The fourth-order valence-electron chi connectivity index (χ4n) is 2.27. The van der Waals surface area contributed by atoms with Crippen LogP contribution in [0, 0.1) is 0 Å². The van der Waals surface area contributed by atoms with E-state index in [1.54, 1.807) is 0 Å². The van der Waals surface area contributed by atoms with Crippen LogP contribution in [0.15, 0.2) is 36.5 Å². The summed E-state index contributed by atoms with van der Waals surface area (Å²) >= 11 is 6.05. The van der Waals surface area contributed by atoms with Crippen molar-refractivity contribution in [1.82, 2.24) is 4.98 Å². The molecule has 88 valence electrons. The highest BCUT2D eigenvalue weighted by Crippen LogP contribution is 2.38. The van der Waals surface area contributed by atoms with E-state index in [-0.39, 0.29) is 6.79 Å². The number of pyridine rings is 1. The van der Waals surface area contributed by atoms with Crippen molar-refractivity contribution < 1.29 is 9.47 Å². The maximum Gasteiger partial charge on any atom is 0.231 e. The summed E-state index contributed by atoms with van der Waals surface area (Å²) in [6, 6.07) is 9.62. The Labute approximate surface area is 108 Å². The first kappa shape index (κ1) is 9.97. The van der Waals surface area contributed by atoms with Crippen LogP contribution in [-0.2, 0) is 0 Å². The molecule has 2 aromatic carbocycles. The summed E-state index contributed by atoms with van der Waals surface area (Å²) in [4.78, 5) is 4.42.